The summed E-state index contributed by atoms with van der Waals surface area (Å²) < 4.78 is 17.5. The fraction of sp³-hybridized carbons (Fsp3) is 0.395. The highest BCUT2D eigenvalue weighted by molar-refractivity contribution is 6.35. The van der Waals surface area contributed by atoms with E-state index in [4.69, 9.17) is 42.9 Å². The molecule has 1 unspecified atom stereocenters. The molecule has 298 valence electrons. The van der Waals surface area contributed by atoms with Crippen LogP contribution in [-0.4, -0.2) is 92.0 Å². The Morgan fingerprint density at radius 3 is 2.40 bits per heavy atom. The van der Waals surface area contributed by atoms with Crippen molar-refractivity contribution in [3.05, 3.63) is 92.0 Å². The number of benzene rings is 3. The highest BCUT2D eigenvalue weighted by atomic mass is 35.5. The molecule has 1 N–H and O–H groups in total. The number of aromatic nitrogens is 5. The van der Waals surface area contributed by atoms with Crippen molar-refractivity contribution in [3.8, 4) is 16.9 Å². The molecule has 14 heteroatoms. The Morgan fingerprint density at radius 1 is 0.982 bits per heavy atom. The van der Waals surface area contributed by atoms with E-state index in [2.05, 4.69) is 16.4 Å². The standard InChI is InChI=1S/C43H47Cl2N7O5/c1-24-18-30(19-25(2)39(24)45)57-15-7-8-31-32-9-10-35(44)38(37-27(4)46-48(6)28(37)5)40(32)52-26(3)22-51(42(53)41(31)52)29-20-33(43(54)55)34-23-50(47-36(34)21-29)12-11-49-13-16-56-17-14-49/h9-10,18-21,23,26H,7-8,11-17,22H2,1-6H3,(H,54,55). The van der Waals surface area contributed by atoms with Crippen LogP contribution in [0.1, 0.15) is 68.3 Å². The van der Waals surface area contributed by atoms with E-state index in [1.807, 2.05) is 69.8 Å². The Hall–Kier alpha value is -4.88. The Kier molecular flexibility index (Phi) is 10.6. The van der Waals surface area contributed by atoms with Crippen molar-refractivity contribution in [3.63, 3.8) is 0 Å². The van der Waals surface area contributed by atoms with Gasteiger partial charge in [0.1, 0.15) is 11.4 Å². The average molecular weight is 813 g/mol. The molecule has 0 radical (unpaired) electrons. The van der Waals surface area contributed by atoms with Crippen LogP contribution in [-0.2, 0) is 24.8 Å². The number of carbonyl (C=O) groups is 2. The number of aromatic carboxylic acids is 1. The number of hydrogen-bond acceptors (Lipinski definition) is 7. The molecular weight excluding hydrogens is 765 g/mol. The summed E-state index contributed by atoms with van der Waals surface area (Å²) in [6.07, 6.45) is 2.98. The number of aryl methyl sites for hydroxylation is 5. The van der Waals surface area contributed by atoms with Gasteiger partial charge >= 0.3 is 5.97 Å². The molecule has 1 atom stereocenters. The minimum Gasteiger partial charge on any atom is -0.494 e. The third kappa shape index (κ3) is 7.07. The molecule has 1 amide bonds. The lowest BCUT2D eigenvalue weighted by Gasteiger charge is -2.34. The number of halogens is 2. The van der Waals surface area contributed by atoms with Crippen LogP contribution in [0.3, 0.4) is 0 Å². The summed E-state index contributed by atoms with van der Waals surface area (Å²) in [5, 5.41) is 22.7. The molecule has 2 aliphatic heterocycles. The molecule has 12 nitrogen and oxygen atoms in total. The number of carbonyl (C=O) groups excluding carboxylic acids is 1. The maximum Gasteiger partial charge on any atom is 0.336 e. The number of hydrogen-bond donors (Lipinski definition) is 1. The number of nitrogens with zero attached hydrogens (tertiary/aromatic N) is 7. The molecule has 2 aliphatic rings. The molecule has 1 saturated heterocycles. The first kappa shape index (κ1) is 39.0. The summed E-state index contributed by atoms with van der Waals surface area (Å²) in [4.78, 5) is 31.9. The third-order valence-corrected chi connectivity index (χ3v) is 12.4. The first-order valence-corrected chi connectivity index (χ1v) is 20.2. The summed E-state index contributed by atoms with van der Waals surface area (Å²) in [6, 6.07) is 11.0. The van der Waals surface area contributed by atoms with Crippen molar-refractivity contribution in [2.75, 3.05) is 50.9 Å². The number of carboxylic acids is 1. The van der Waals surface area contributed by atoms with E-state index < -0.39 is 5.97 Å². The van der Waals surface area contributed by atoms with Gasteiger partial charge in [-0.1, -0.05) is 29.3 Å². The second kappa shape index (κ2) is 15.5. The summed E-state index contributed by atoms with van der Waals surface area (Å²) in [5.41, 5.74) is 8.97. The molecule has 6 aromatic rings. The SMILES string of the molecule is Cc1cc(OCCCc2c3n(c4c(-c5c(C)nn(C)c5C)c(Cl)ccc24)C(C)CN(c2cc(C(=O)O)c4cn(CCN5CCOCC5)nc4c2)C3=O)cc(C)c1Cl. The van der Waals surface area contributed by atoms with Crippen molar-refractivity contribution in [2.24, 2.45) is 7.05 Å². The average Bonchev–Trinajstić information content (AvgIpc) is 3.83. The Morgan fingerprint density at radius 2 is 1.72 bits per heavy atom. The lowest BCUT2D eigenvalue weighted by molar-refractivity contribution is 0.0360. The maximum absolute atomic E-state index is 15.1. The minimum atomic E-state index is -1.07. The van der Waals surface area contributed by atoms with Gasteiger partial charge in [0, 0.05) is 83.8 Å². The lowest BCUT2D eigenvalue weighted by atomic mass is 9.98. The van der Waals surface area contributed by atoms with Gasteiger partial charge in [0.15, 0.2) is 0 Å². The first-order valence-electron chi connectivity index (χ1n) is 19.4. The number of carboxylic acid groups (broad SMARTS) is 1. The number of anilines is 1. The summed E-state index contributed by atoms with van der Waals surface area (Å²) >= 11 is 13.5. The molecule has 0 bridgehead atoms. The van der Waals surface area contributed by atoms with Crippen LogP contribution in [0.4, 0.5) is 5.69 Å². The minimum absolute atomic E-state index is 0.105. The third-order valence-electron chi connectivity index (χ3n) is 11.5. The van der Waals surface area contributed by atoms with E-state index in [9.17, 15) is 9.90 Å². The van der Waals surface area contributed by atoms with Gasteiger partial charge in [0.25, 0.3) is 5.91 Å². The monoisotopic (exact) mass is 811 g/mol. The second-order valence-corrected chi connectivity index (χ2v) is 16.1. The molecule has 1 fully saturated rings. The van der Waals surface area contributed by atoms with E-state index >= 15 is 4.79 Å². The van der Waals surface area contributed by atoms with Crippen molar-refractivity contribution >= 4 is 62.6 Å². The molecule has 8 rings (SSSR count). The van der Waals surface area contributed by atoms with Gasteiger partial charge in [-0.15, -0.1) is 0 Å². The van der Waals surface area contributed by atoms with Gasteiger partial charge in [-0.05, 0) is 94.5 Å². The van der Waals surface area contributed by atoms with Crippen LogP contribution in [0.2, 0.25) is 10.0 Å². The van der Waals surface area contributed by atoms with E-state index in [1.54, 1.807) is 21.8 Å². The smallest absolute Gasteiger partial charge is 0.336 e. The topological polar surface area (TPSA) is 120 Å². The van der Waals surface area contributed by atoms with Crippen molar-refractivity contribution in [1.29, 1.82) is 0 Å². The molecule has 3 aromatic carbocycles. The number of rotatable bonds is 11. The van der Waals surface area contributed by atoms with Crippen molar-refractivity contribution in [1.82, 2.24) is 29.0 Å². The quantitative estimate of drug-likeness (QED) is 0.130. The number of fused-ring (bicyclic) bond motifs is 4. The Bertz CT molecular complexity index is 2540. The molecule has 0 aliphatic carbocycles. The highest BCUT2D eigenvalue weighted by Gasteiger charge is 2.37. The van der Waals surface area contributed by atoms with E-state index in [-0.39, 0.29) is 17.5 Å². The van der Waals surface area contributed by atoms with Gasteiger partial charge in [0.2, 0.25) is 0 Å². The van der Waals surface area contributed by atoms with Gasteiger partial charge in [-0.2, -0.15) is 10.2 Å². The van der Waals surface area contributed by atoms with E-state index in [1.165, 1.54) is 0 Å². The van der Waals surface area contributed by atoms with Gasteiger partial charge in [0.05, 0.1) is 53.7 Å². The zero-order valence-electron chi connectivity index (χ0n) is 33.2. The maximum atomic E-state index is 15.1. The molecule has 0 saturated carbocycles. The molecule has 57 heavy (non-hydrogen) atoms. The van der Waals surface area contributed by atoms with Crippen molar-refractivity contribution in [2.45, 2.75) is 60.0 Å². The van der Waals surface area contributed by atoms with Gasteiger partial charge in [-0.3, -0.25) is 19.1 Å². The van der Waals surface area contributed by atoms with E-state index in [0.29, 0.717) is 73.1 Å². The second-order valence-electron chi connectivity index (χ2n) is 15.4. The normalized spacial score (nSPS) is 16.2. The van der Waals surface area contributed by atoms with Crippen LogP contribution in [0.15, 0.2) is 42.6 Å². The molecule has 5 heterocycles. The highest BCUT2D eigenvalue weighted by Crippen LogP contribution is 2.45. The predicted molar refractivity (Wildman–Crippen MR) is 224 cm³/mol. The zero-order chi connectivity index (χ0) is 40.3. The number of ether oxygens (including phenoxy) is 2. The number of morpholine rings is 1. The van der Waals surface area contributed by atoms with Crippen LogP contribution in [0.5, 0.6) is 5.75 Å². The largest absolute Gasteiger partial charge is 0.494 e. The van der Waals surface area contributed by atoms with Crippen LogP contribution in [0.25, 0.3) is 32.9 Å². The zero-order valence-corrected chi connectivity index (χ0v) is 34.7. The summed E-state index contributed by atoms with van der Waals surface area (Å²) in [5.74, 6) is -0.540. The van der Waals surface area contributed by atoms with Crippen LogP contribution >= 0.6 is 23.2 Å². The van der Waals surface area contributed by atoms with Gasteiger partial charge < -0.3 is 24.0 Å². The number of amides is 1. The fourth-order valence-electron chi connectivity index (χ4n) is 8.63. The Labute approximate surface area is 341 Å². The summed E-state index contributed by atoms with van der Waals surface area (Å²) in [6.45, 7) is 15.2. The molecular formula is C43H47Cl2N7O5. The van der Waals surface area contributed by atoms with Crippen LogP contribution < -0.4 is 9.64 Å². The van der Waals surface area contributed by atoms with Gasteiger partial charge in [-0.25, -0.2) is 4.79 Å². The van der Waals surface area contributed by atoms with Crippen molar-refractivity contribution < 1.29 is 24.2 Å². The molecule has 0 spiro atoms. The summed E-state index contributed by atoms with van der Waals surface area (Å²) in [7, 11) is 1.92. The predicted octanol–water partition coefficient (Wildman–Crippen LogP) is 8.20. The van der Waals surface area contributed by atoms with E-state index in [0.717, 1.165) is 80.5 Å². The lowest BCUT2D eigenvalue weighted by Crippen LogP contribution is -2.42. The Balaban J connectivity index is 1.20. The first-order chi connectivity index (χ1) is 27.3. The molecule has 3 aromatic heterocycles. The van der Waals surface area contributed by atoms with Crippen LogP contribution in [0, 0.1) is 27.7 Å². The fourth-order valence-corrected chi connectivity index (χ4v) is 8.98.